The van der Waals surface area contributed by atoms with Gasteiger partial charge in [0, 0.05) is 5.92 Å². The number of rotatable bonds is 10. The summed E-state index contributed by atoms with van der Waals surface area (Å²) in [6.45, 7) is 4.16. The normalized spacial score (nSPS) is 15.4. The van der Waals surface area contributed by atoms with Crippen molar-refractivity contribution in [3.8, 4) is 5.75 Å². The summed E-state index contributed by atoms with van der Waals surface area (Å²) in [7, 11) is 0. The van der Waals surface area contributed by atoms with Crippen LogP contribution in [0.5, 0.6) is 5.75 Å². The molecular weight excluding hydrogens is 388 g/mol. The molecule has 1 fully saturated rings. The number of fused-ring (bicyclic) bond motifs is 1. The number of piperidine rings is 1. The average Bonchev–Trinajstić information content (AvgIpc) is 3.24. The molecule has 3 aromatic rings. The van der Waals surface area contributed by atoms with Crippen molar-refractivity contribution in [1.29, 1.82) is 0 Å². The van der Waals surface area contributed by atoms with Gasteiger partial charge in [-0.2, -0.15) is 0 Å². The molecule has 164 valence electrons. The van der Waals surface area contributed by atoms with E-state index in [-0.39, 0.29) is 0 Å². The van der Waals surface area contributed by atoms with Crippen molar-refractivity contribution < 1.29 is 9.53 Å². The number of nitrogens with zero attached hydrogens (tertiary/aromatic N) is 2. The van der Waals surface area contributed by atoms with Crippen molar-refractivity contribution in [2.75, 3.05) is 26.2 Å². The van der Waals surface area contributed by atoms with E-state index in [1.807, 2.05) is 42.5 Å². The summed E-state index contributed by atoms with van der Waals surface area (Å²) in [5.41, 5.74) is 7.57. The highest BCUT2D eigenvalue weighted by atomic mass is 16.5. The largest absolute Gasteiger partial charge is 0.494 e. The maximum absolute atomic E-state index is 11.6. The van der Waals surface area contributed by atoms with Gasteiger partial charge in [0.25, 0.3) is 5.91 Å². The SMILES string of the molecule is NC(=O)c1cccc2[nH]c(C3CCN(CCCCCCOc4ccccc4)CC3)nc12. The number of ether oxygens (including phenoxy) is 1. The van der Waals surface area contributed by atoms with Gasteiger partial charge in [-0.1, -0.05) is 37.1 Å². The molecule has 1 aliphatic rings. The Morgan fingerprint density at radius 3 is 2.58 bits per heavy atom. The predicted octanol–water partition coefficient (Wildman–Crippen LogP) is 4.48. The van der Waals surface area contributed by atoms with Crippen molar-refractivity contribution in [3.63, 3.8) is 0 Å². The van der Waals surface area contributed by atoms with Crippen LogP contribution in [-0.4, -0.2) is 47.0 Å². The number of carbonyl (C=O) groups is 1. The first-order chi connectivity index (χ1) is 15.2. The van der Waals surface area contributed by atoms with Crippen molar-refractivity contribution >= 4 is 16.9 Å². The summed E-state index contributed by atoms with van der Waals surface area (Å²) in [4.78, 5) is 22.3. The number of imidazole rings is 1. The highest BCUT2D eigenvalue weighted by Crippen LogP contribution is 2.28. The second-order valence-corrected chi connectivity index (χ2v) is 8.38. The quantitative estimate of drug-likeness (QED) is 0.474. The van der Waals surface area contributed by atoms with Crippen LogP contribution in [0.3, 0.4) is 0 Å². The second-order valence-electron chi connectivity index (χ2n) is 8.38. The number of amides is 1. The summed E-state index contributed by atoms with van der Waals surface area (Å²) in [5, 5.41) is 0. The molecule has 0 saturated carbocycles. The Bertz CT molecular complexity index is 978. The lowest BCUT2D eigenvalue weighted by atomic mass is 9.96. The first-order valence-electron chi connectivity index (χ1n) is 11.4. The minimum atomic E-state index is -0.426. The Balaban J connectivity index is 1.15. The number of carbonyl (C=O) groups excluding carboxylic acids is 1. The molecular formula is C25H32N4O2. The Labute approximate surface area is 183 Å². The topological polar surface area (TPSA) is 84.2 Å². The number of nitrogens with one attached hydrogen (secondary N) is 1. The van der Waals surface area contributed by atoms with Crippen LogP contribution in [-0.2, 0) is 0 Å². The minimum Gasteiger partial charge on any atom is -0.494 e. The highest BCUT2D eigenvalue weighted by molar-refractivity contribution is 6.04. The van der Waals surface area contributed by atoms with E-state index in [4.69, 9.17) is 15.5 Å². The molecule has 6 nitrogen and oxygen atoms in total. The van der Waals surface area contributed by atoms with Gasteiger partial charge in [0.15, 0.2) is 0 Å². The molecule has 1 aromatic heterocycles. The van der Waals surface area contributed by atoms with Crippen LogP contribution in [0.2, 0.25) is 0 Å². The average molecular weight is 421 g/mol. The summed E-state index contributed by atoms with van der Waals surface area (Å²) in [6, 6.07) is 15.6. The number of aromatic nitrogens is 2. The lowest BCUT2D eigenvalue weighted by Gasteiger charge is -2.31. The third-order valence-electron chi connectivity index (χ3n) is 6.15. The number of hydrogen-bond donors (Lipinski definition) is 2. The van der Waals surface area contributed by atoms with E-state index in [0.717, 1.165) is 62.6 Å². The van der Waals surface area contributed by atoms with Gasteiger partial charge in [-0.3, -0.25) is 4.79 Å². The molecule has 0 spiro atoms. The van der Waals surface area contributed by atoms with Crippen LogP contribution in [0.4, 0.5) is 0 Å². The summed E-state index contributed by atoms with van der Waals surface area (Å²) < 4.78 is 5.75. The van der Waals surface area contributed by atoms with Gasteiger partial charge < -0.3 is 20.4 Å². The third kappa shape index (κ3) is 5.64. The molecule has 0 bridgehead atoms. The summed E-state index contributed by atoms with van der Waals surface area (Å²) in [6.07, 6.45) is 6.99. The fourth-order valence-corrected chi connectivity index (χ4v) is 4.37. The molecule has 4 rings (SSSR count). The molecule has 1 amide bonds. The van der Waals surface area contributed by atoms with Gasteiger partial charge in [0.2, 0.25) is 0 Å². The van der Waals surface area contributed by atoms with Gasteiger partial charge in [-0.25, -0.2) is 4.98 Å². The van der Waals surface area contributed by atoms with Crippen LogP contribution >= 0.6 is 0 Å². The van der Waals surface area contributed by atoms with Crippen LogP contribution in [0.1, 0.15) is 60.6 Å². The van der Waals surface area contributed by atoms with Crippen LogP contribution in [0.25, 0.3) is 11.0 Å². The Morgan fingerprint density at radius 2 is 1.81 bits per heavy atom. The molecule has 0 aliphatic carbocycles. The third-order valence-corrected chi connectivity index (χ3v) is 6.15. The zero-order valence-electron chi connectivity index (χ0n) is 18.1. The number of benzene rings is 2. The molecule has 6 heteroatoms. The van der Waals surface area contributed by atoms with Gasteiger partial charge in [-0.15, -0.1) is 0 Å². The van der Waals surface area contributed by atoms with Gasteiger partial charge in [0.05, 0.1) is 17.7 Å². The molecule has 0 unspecified atom stereocenters. The van der Waals surface area contributed by atoms with E-state index < -0.39 is 5.91 Å². The van der Waals surface area contributed by atoms with Gasteiger partial charge >= 0.3 is 0 Å². The first-order valence-corrected chi connectivity index (χ1v) is 11.4. The molecule has 2 aromatic carbocycles. The van der Waals surface area contributed by atoms with Crippen LogP contribution < -0.4 is 10.5 Å². The molecule has 3 N–H and O–H groups in total. The number of H-pyrrole nitrogens is 1. The lowest BCUT2D eigenvalue weighted by Crippen LogP contribution is -2.34. The van der Waals surface area contributed by atoms with E-state index in [9.17, 15) is 4.79 Å². The van der Waals surface area contributed by atoms with E-state index in [1.54, 1.807) is 6.07 Å². The molecule has 31 heavy (non-hydrogen) atoms. The number of likely N-dealkylation sites (tertiary alicyclic amines) is 1. The number of aromatic amines is 1. The molecule has 1 saturated heterocycles. The van der Waals surface area contributed by atoms with E-state index in [2.05, 4.69) is 9.88 Å². The Hall–Kier alpha value is -2.86. The highest BCUT2D eigenvalue weighted by Gasteiger charge is 2.23. The minimum absolute atomic E-state index is 0.416. The summed E-state index contributed by atoms with van der Waals surface area (Å²) >= 11 is 0. The smallest absolute Gasteiger partial charge is 0.250 e. The number of para-hydroxylation sites is 2. The standard InChI is InChI=1S/C25H32N4O2/c26-24(30)21-11-8-12-22-23(21)28-25(27-22)19-13-16-29(17-14-19)15-6-1-2-7-18-31-20-9-4-3-5-10-20/h3-5,8-12,19H,1-2,6-7,13-18H2,(H2,26,30)(H,27,28). The fraction of sp³-hybridized carbons (Fsp3) is 0.440. The fourth-order valence-electron chi connectivity index (χ4n) is 4.37. The number of primary amides is 1. The summed E-state index contributed by atoms with van der Waals surface area (Å²) in [5.74, 6) is 1.94. The zero-order chi connectivity index (χ0) is 21.5. The Morgan fingerprint density at radius 1 is 1.03 bits per heavy atom. The van der Waals surface area contributed by atoms with Gasteiger partial charge in [0.1, 0.15) is 17.1 Å². The molecule has 1 aliphatic heterocycles. The maximum atomic E-state index is 11.6. The molecule has 0 radical (unpaired) electrons. The van der Waals surface area contributed by atoms with E-state index >= 15 is 0 Å². The van der Waals surface area contributed by atoms with Crippen molar-refractivity contribution in [1.82, 2.24) is 14.9 Å². The molecule has 0 atom stereocenters. The number of nitrogens with two attached hydrogens (primary N) is 1. The van der Waals surface area contributed by atoms with Crippen molar-refractivity contribution in [3.05, 3.63) is 59.9 Å². The van der Waals surface area contributed by atoms with Crippen LogP contribution in [0, 0.1) is 0 Å². The predicted molar refractivity (Wildman–Crippen MR) is 123 cm³/mol. The Kier molecular flexibility index (Phi) is 7.20. The number of unbranched alkanes of at least 4 members (excludes halogenated alkanes) is 3. The van der Waals surface area contributed by atoms with E-state index in [1.165, 1.54) is 19.3 Å². The first kappa shape index (κ1) is 21.4. The monoisotopic (exact) mass is 420 g/mol. The second kappa shape index (κ2) is 10.4. The van der Waals surface area contributed by atoms with Gasteiger partial charge in [-0.05, 0) is 69.6 Å². The maximum Gasteiger partial charge on any atom is 0.250 e. The molecule has 2 heterocycles. The van der Waals surface area contributed by atoms with Crippen molar-refractivity contribution in [2.24, 2.45) is 5.73 Å². The van der Waals surface area contributed by atoms with Crippen LogP contribution in [0.15, 0.2) is 48.5 Å². The zero-order valence-corrected chi connectivity index (χ0v) is 18.1. The lowest BCUT2D eigenvalue weighted by molar-refractivity contribution is 0.100. The van der Waals surface area contributed by atoms with E-state index in [0.29, 0.717) is 17.0 Å². The van der Waals surface area contributed by atoms with Crippen molar-refractivity contribution in [2.45, 2.75) is 44.4 Å². The number of hydrogen-bond acceptors (Lipinski definition) is 4.